The third kappa shape index (κ3) is 3.43. The number of ether oxygens (including phenoxy) is 1. The van der Waals surface area contributed by atoms with Crippen LogP contribution < -0.4 is 4.24 Å². The van der Waals surface area contributed by atoms with Crippen molar-refractivity contribution in [1.82, 2.24) is 4.24 Å². The molecule has 17 heavy (non-hydrogen) atoms. The molecule has 0 aromatic heterocycles. The minimum absolute atomic E-state index is 0. The Morgan fingerprint density at radius 1 is 1.29 bits per heavy atom. The first kappa shape index (κ1) is 14.9. The van der Waals surface area contributed by atoms with Crippen LogP contribution in [0.25, 0.3) is 0 Å². The van der Waals surface area contributed by atoms with Crippen molar-refractivity contribution in [2.45, 2.75) is 4.90 Å². The van der Waals surface area contributed by atoms with Gasteiger partial charge in [-0.2, -0.15) is 0 Å². The van der Waals surface area contributed by atoms with Crippen LogP contribution >= 0.6 is 11.8 Å². The Kier molecular flexibility index (Phi) is 5.43. The average molecular weight is 285 g/mol. The molecule has 1 aliphatic rings. The van der Waals surface area contributed by atoms with E-state index in [0.717, 1.165) is 5.56 Å². The Morgan fingerprint density at radius 3 is 2.41 bits per heavy atom. The minimum atomic E-state index is -3.60. The van der Waals surface area contributed by atoms with Crippen molar-refractivity contribution in [2.75, 3.05) is 13.2 Å². The van der Waals surface area contributed by atoms with E-state index < -0.39 is 10.0 Å². The molecule has 8 heteroatoms. The van der Waals surface area contributed by atoms with Gasteiger partial charge in [0.05, 0.1) is 11.4 Å². The number of nitrogens with one attached hydrogen (secondary N) is 1. The van der Waals surface area contributed by atoms with Gasteiger partial charge in [0.2, 0.25) is 5.90 Å². The zero-order chi connectivity index (χ0) is 11.6. The van der Waals surface area contributed by atoms with Crippen LogP contribution in [0.5, 0.6) is 0 Å². The molecule has 0 radical (unpaired) electrons. The molecule has 5 nitrogen and oxygen atoms in total. The molecule has 0 saturated heterocycles. The fraction of sp³-hybridized carbons (Fsp3) is 0.222. The van der Waals surface area contributed by atoms with Crippen molar-refractivity contribution in [3.8, 4) is 0 Å². The Morgan fingerprint density at radius 2 is 1.94 bits per heavy atom. The molecule has 0 unspecified atom stereocenters. The molecule has 0 fully saturated rings. The summed E-state index contributed by atoms with van der Waals surface area (Å²) < 4.78 is 29.6. The third-order valence-corrected chi connectivity index (χ3v) is 3.80. The summed E-state index contributed by atoms with van der Waals surface area (Å²) in [5.74, 6) is 0.544. The van der Waals surface area contributed by atoms with Gasteiger partial charge in [0.25, 0.3) is 10.0 Å². The van der Waals surface area contributed by atoms with Crippen LogP contribution in [-0.2, 0) is 14.8 Å². The summed E-state index contributed by atoms with van der Waals surface area (Å²) >= 11 is 5.11. The number of halogens is 1. The van der Waals surface area contributed by atoms with Crippen LogP contribution in [0.2, 0.25) is 0 Å². The second-order valence-electron chi connectivity index (χ2n) is 3.14. The average Bonchev–Trinajstić information content (AvgIpc) is 2.83. The van der Waals surface area contributed by atoms with Gasteiger partial charge in [-0.25, -0.2) is 13.4 Å². The van der Waals surface area contributed by atoms with E-state index >= 15 is 0 Å². The molecule has 1 heterocycles. The molecule has 1 aromatic carbocycles. The van der Waals surface area contributed by atoms with Crippen LogP contribution in [0.4, 0.5) is 0 Å². The van der Waals surface area contributed by atoms with Gasteiger partial charge in [-0.1, -0.05) is 0 Å². The third-order valence-electron chi connectivity index (χ3n) is 2.10. The molecule has 0 atom stereocenters. The van der Waals surface area contributed by atoms with E-state index in [2.05, 4.69) is 4.99 Å². The van der Waals surface area contributed by atoms with Crippen molar-refractivity contribution in [2.24, 2.45) is 4.99 Å². The monoisotopic (exact) mass is 284 g/mol. The van der Waals surface area contributed by atoms with Crippen LogP contribution in [0.1, 0.15) is 5.56 Å². The number of nitrogens with zero attached hydrogens (tertiary/aromatic N) is 1. The number of hydrogen-bond acceptors (Lipinski definition) is 4. The summed E-state index contributed by atoms with van der Waals surface area (Å²) in [6.45, 7) is 1.21. The molecule has 0 spiro atoms. The summed E-state index contributed by atoms with van der Waals surface area (Å²) in [4.78, 5) is 4.22. The Labute approximate surface area is 127 Å². The van der Waals surface area contributed by atoms with E-state index in [1.807, 2.05) is 0 Å². The first-order valence-corrected chi connectivity index (χ1v) is 6.40. The second kappa shape index (κ2) is 6.17. The van der Waals surface area contributed by atoms with Crippen LogP contribution in [0.15, 0.2) is 34.2 Å². The van der Waals surface area contributed by atoms with E-state index in [1.54, 1.807) is 16.4 Å². The molecular formula is C9H10ClN2NaO3S. The Hall–Kier alpha value is -0.110. The summed E-state index contributed by atoms with van der Waals surface area (Å²) in [6.07, 6.45) is 0. The second-order valence-corrected chi connectivity index (χ2v) is 5.24. The van der Waals surface area contributed by atoms with Gasteiger partial charge in [-0.3, -0.25) is 0 Å². The van der Waals surface area contributed by atoms with Gasteiger partial charge < -0.3 is 4.74 Å². The van der Waals surface area contributed by atoms with Crippen molar-refractivity contribution in [3.05, 3.63) is 29.8 Å². The molecule has 0 amide bonds. The predicted octanol–water partition coefficient (Wildman–Crippen LogP) is 0.247. The molecule has 2 rings (SSSR count). The topological polar surface area (TPSA) is 67.8 Å². The SMILES string of the molecule is O=S(=O)(NCl)c1ccc(C2=NCCO2)cc1.[NaH]. The molecule has 1 aliphatic heterocycles. The van der Waals surface area contributed by atoms with E-state index in [4.69, 9.17) is 16.5 Å². The van der Waals surface area contributed by atoms with Gasteiger partial charge in [0, 0.05) is 5.56 Å². The number of aliphatic imine (C=N–C) groups is 1. The maximum absolute atomic E-state index is 11.3. The molecule has 0 saturated carbocycles. The summed E-state index contributed by atoms with van der Waals surface area (Å²) in [7, 11) is -3.60. The maximum atomic E-state index is 11.3. The summed E-state index contributed by atoms with van der Waals surface area (Å²) in [5, 5.41) is 0. The van der Waals surface area contributed by atoms with Crippen LogP contribution in [-0.4, -0.2) is 57.0 Å². The van der Waals surface area contributed by atoms with E-state index in [-0.39, 0.29) is 34.5 Å². The first-order chi connectivity index (χ1) is 7.63. The van der Waals surface area contributed by atoms with Gasteiger partial charge in [-0.15, -0.1) is 4.24 Å². The Balaban J connectivity index is 0.00000144. The molecule has 0 aliphatic carbocycles. The van der Waals surface area contributed by atoms with Gasteiger partial charge in [0.1, 0.15) is 6.61 Å². The van der Waals surface area contributed by atoms with E-state index in [0.29, 0.717) is 19.0 Å². The molecular weight excluding hydrogens is 275 g/mol. The van der Waals surface area contributed by atoms with Crippen LogP contribution in [0.3, 0.4) is 0 Å². The number of sulfonamides is 1. The first-order valence-electron chi connectivity index (χ1n) is 4.53. The fourth-order valence-corrected chi connectivity index (χ4v) is 2.18. The molecule has 88 valence electrons. The zero-order valence-corrected chi connectivity index (χ0v) is 9.75. The van der Waals surface area contributed by atoms with Crippen molar-refractivity contribution < 1.29 is 13.2 Å². The van der Waals surface area contributed by atoms with Crippen molar-refractivity contribution in [1.29, 1.82) is 0 Å². The van der Waals surface area contributed by atoms with E-state index in [9.17, 15) is 8.42 Å². The predicted molar refractivity (Wildman–Crippen MR) is 67.1 cm³/mol. The standard InChI is InChI=1S/C9H9ClN2O3S.Na.H/c10-12-16(13,14)8-3-1-7(2-4-8)9-11-5-6-15-9;;/h1-4,12H,5-6H2;;. The number of rotatable bonds is 3. The van der Waals surface area contributed by atoms with Gasteiger partial charge >= 0.3 is 29.6 Å². The number of benzene rings is 1. The zero-order valence-electron chi connectivity index (χ0n) is 8.18. The number of hydrogen-bond donors (Lipinski definition) is 1. The molecule has 1 N–H and O–H groups in total. The molecule has 0 bridgehead atoms. The van der Waals surface area contributed by atoms with Crippen molar-refractivity contribution in [3.63, 3.8) is 0 Å². The normalized spacial score (nSPS) is 14.8. The summed E-state index contributed by atoms with van der Waals surface area (Å²) in [5.41, 5.74) is 0.756. The van der Waals surface area contributed by atoms with E-state index in [1.165, 1.54) is 12.1 Å². The van der Waals surface area contributed by atoms with Gasteiger partial charge in [0.15, 0.2) is 0 Å². The van der Waals surface area contributed by atoms with Crippen molar-refractivity contribution >= 4 is 57.3 Å². The fourth-order valence-electron chi connectivity index (χ4n) is 1.33. The molecule has 1 aromatic rings. The van der Waals surface area contributed by atoms with Crippen LogP contribution in [0, 0.1) is 0 Å². The summed E-state index contributed by atoms with van der Waals surface area (Å²) in [6, 6.07) is 6.16. The quantitative estimate of drug-likeness (QED) is 0.639. The Bertz CT molecular complexity index is 516. The van der Waals surface area contributed by atoms with Gasteiger partial charge in [-0.05, 0) is 36.0 Å².